The Hall–Kier alpha value is -3.59. The van der Waals surface area contributed by atoms with Crippen LogP contribution in [0.3, 0.4) is 0 Å². The maximum Gasteiger partial charge on any atom is 0.265 e. The second-order valence-corrected chi connectivity index (χ2v) is 8.13. The summed E-state index contributed by atoms with van der Waals surface area (Å²) in [4.78, 5) is 30.5. The molecule has 0 saturated heterocycles. The normalized spacial score (nSPS) is 15.1. The van der Waals surface area contributed by atoms with Gasteiger partial charge in [0.05, 0.1) is 25.0 Å². The highest BCUT2D eigenvalue weighted by atomic mass is 32.2. The van der Waals surface area contributed by atoms with E-state index in [4.69, 9.17) is 9.72 Å². The van der Waals surface area contributed by atoms with Crippen molar-refractivity contribution in [2.45, 2.75) is 17.6 Å². The highest BCUT2D eigenvalue weighted by molar-refractivity contribution is 7.99. The summed E-state index contributed by atoms with van der Waals surface area (Å²) in [5, 5.41) is 8.29. The van der Waals surface area contributed by atoms with E-state index in [2.05, 4.69) is 10.4 Å². The quantitative estimate of drug-likeness (QED) is 0.486. The lowest BCUT2D eigenvalue weighted by Crippen LogP contribution is -2.27. The lowest BCUT2D eigenvalue weighted by Gasteiger charge is -2.14. The van der Waals surface area contributed by atoms with Gasteiger partial charge in [-0.1, -0.05) is 36.0 Å². The van der Waals surface area contributed by atoms with E-state index in [0.717, 1.165) is 5.69 Å². The minimum atomic E-state index is -0.268. The van der Waals surface area contributed by atoms with Gasteiger partial charge in [0, 0.05) is 23.9 Å². The second kappa shape index (κ2) is 7.92. The molecule has 2 aromatic carbocycles. The number of methoxy groups -OCH3 is 1. The summed E-state index contributed by atoms with van der Waals surface area (Å²) >= 11 is 1.48. The van der Waals surface area contributed by atoms with Crippen molar-refractivity contribution in [1.82, 2.24) is 19.3 Å². The molecule has 31 heavy (non-hydrogen) atoms. The third kappa shape index (κ3) is 3.57. The number of aromatic nitrogens is 4. The van der Waals surface area contributed by atoms with Gasteiger partial charge in [-0.3, -0.25) is 14.2 Å². The summed E-state index contributed by atoms with van der Waals surface area (Å²) < 4.78 is 8.48. The molecule has 156 valence electrons. The number of amides is 1. The monoisotopic (exact) mass is 433 g/mol. The second-order valence-electron chi connectivity index (χ2n) is 7.15. The molecule has 1 N–H and O–H groups in total. The average Bonchev–Trinajstić information content (AvgIpc) is 3.39. The predicted octanol–water partition coefficient (Wildman–Crippen LogP) is 3.27. The molecular formula is C22H19N5O3S. The summed E-state index contributed by atoms with van der Waals surface area (Å²) in [7, 11) is 1.58. The van der Waals surface area contributed by atoms with E-state index in [1.807, 2.05) is 42.5 Å². The third-order valence-corrected chi connectivity index (χ3v) is 6.24. The molecule has 1 aliphatic heterocycles. The van der Waals surface area contributed by atoms with E-state index in [1.54, 1.807) is 34.7 Å². The van der Waals surface area contributed by atoms with Crippen molar-refractivity contribution in [2.75, 3.05) is 18.2 Å². The molecule has 0 bridgehead atoms. The lowest BCUT2D eigenvalue weighted by atomic mass is 10.2. The SMILES string of the molecule is COc1cccc(NC(=O)C[C@@H]2CSc3nc4c(cnn4-c4ccccc4)c(=O)n32)c1. The minimum Gasteiger partial charge on any atom is -0.497 e. The van der Waals surface area contributed by atoms with Gasteiger partial charge in [-0.05, 0) is 24.3 Å². The van der Waals surface area contributed by atoms with Crippen LogP contribution in [0.2, 0.25) is 0 Å². The Labute approximate surface area is 181 Å². The number of anilines is 1. The summed E-state index contributed by atoms with van der Waals surface area (Å²) in [5.74, 6) is 1.11. The molecule has 0 spiro atoms. The molecular weight excluding hydrogens is 414 g/mol. The largest absolute Gasteiger partial charge is 0.497 e. The van der Waals surface area contributed by atoms with Crippen LogP contribution in [0.4, 0.5) is 5.69 Å². The van der Waals surface area contributed by atoms with Gasteiger partial charge < -0.3 is 10.1 Å². The predicted molar refractivity (Wildman–Crippen MR) is 119 cm³/mol. The molecule has 5 rings (SSSR count). The number of ether oxygens (including phenoxy) is 1. The number of hydrogen-bond acceptors (Lipinski definition) is 6. The highest BCUT2D eigenvalue weighted by Crippen LogP contribution is 2.33. The third-order valence-electron chi connectivity index (χ3n) is 5.15. The van der Waals surface area contributed by atoms with Crippen LogP contribution in [-0.2, 0) is 4.79 Å². The van der Waals surface area contributed by atoms with Crippen molar-refractivity contribution in [3.63, 3.8) is 0 Å². The van der Waals surface area contributed by atoms with E-state index in [0.29, 0.717) is 33.4 Å². The topological polar surface area (TPSA) is 91.0 Å². The molecule has 0 radical (unpaired) electrons. The molecule has 0 unspecified atom stereocenters. The molecule has 8 nitrogen and oxygen atoms in total. The van der Waals surface area contributed by atoms with Crippen molar-refractivity contribution < 1.29 is 9.53 Å². The van der Waals surface area contributed by atoms with Crippen LogP contribution < -0.4 is 15.6 Å². The highest BCUT2D eigenvalue weighted by Gasteiger charge is 2.29. The molecule has 3 heterocycles. The molecule has 0 aliphatic carbocycles. The van der Waals surface area contributed by atoms with Gasteiger partial charge in [0.25, 0.3) is 5.56 Å². The van der Waals surface area contributed by atoms with Crippen molar-refractivity contribution in [2.24, 2.45) is 0 Å². The van der Waals surface area contributed by atoms with Gasteiger partial charge in [0.15, 0.2) is 10.8 Å². The fraction of sp³-hybridized carbons (Fsp3) is 0.182. The van der Waals surface area contributed by atoms with E-state index in [-0.39, 0.29) is 23.9 Å². The summed E-state index contributed by atoms with van der Waals surface area (Å²) in [6.45, 7) is 0. The standard InChI is InChI=1S/C22H19N5O3S/c1-30-17-9-5-6-14(10-17)24-19(28)11-16-13-31-22-25-20-18(21(29)26(16)22)12-23-27(20)15-7-3-2-4-8-15/h2-10,12,16H,11,13H2,1H3,(H,24,28)/t16-/m1/s1. The minimum absolute atomic E-state index is 0.168. The van der Waals surface area contributed by atoms with E-state index < -0.39 is 0 Å². The molecule has 1 aliphatic rings. The maximum atomic E-state index is 13.2. The van der Waals surface area contributed by atoms with Crippen LogP contribution in [0, 0.1) is 0 Å². The van der Waals surface area contributed by atoms with Crippen LogP contribution in [0.1, 0.15) is 12.5 Å². The van der Waals surface area contributed by atoms with Crippen molar-refractivity contribution in [3.05, 3.63) is 71.1 Å². The zero-order valence-electron chi connectivity index (χ0n) is 16.7. The first kappa shape index (κ1) is 19.4. The number of carbonyl (C=O) groups is 1. The molecule has 0 saturated carbocycles. The first-order valence-corrected chi connectivity index (χ1v) is 10.7. The first-order chi connectivity index (χ1) is 15.1. The Morgan fingerprint density at radius 1 is 1.23 bits per heavy atom. The molecule has 1 atom stereocenters. The van der Waals surface area contributed by atoms with Crippen LogP contribution in [0.25, 0.3) is 16.7 Å². The number of rotatable bonds is 5. The van der Waals surface area contributed by atoms with Gasteiger partial charge >= 0.3 is 0 Å². The number of nitrogens with one attached hydrogen (secondary N) is 1. The number of para-hydroxylation sites is 1. The Morgan fingerprint density at radius 2 is 2.06 bits per heavy atom. The van der Waals surface area contributed by atoms with Gasteiger partial charge in [0.2, 0.25) is 5.91 Å². The Bertz CT molecular complexity index is 1330. The van der Waals surface area contributed by atoms with E-state index >= 15 is 0 Å². The average molecular weight is 433 g/mol. The fourth-order valence-electron chi connectivity index (χ4n) is 3.67. The Kier molecular flexibility index (Phi) is 4.95. The number of thioether (sulfide) groups is 1. The lowest BCUT2D eigenvalue weighted by molar-refractivity contribution is -0.116. The van der Waals surface area contributed by atoms with Crippen molar-refractivity contribution in [1.29, 1.82) is 0 Å². The molecule has 4 aromatic rings. The molecule has 1 amide bonds. The van der Waals surface area contributed by atoms with E-state index in [9.17, 15) is 9.59 Å². The maximum absolute atomic E-state index is 13.2. The number of fused-ring (bicyclic) bond motifs is 2. The number of carbonyl (C=O) groups excluding carboxylic acids is 1. The smallest absolute Gasteiger partial charge is 0.265 e. The Morgan fingerprint density at radius 3 is 2.87 bits per heavy atom. The summed E-state index contributed by atoms with van der Waals surface area (Å²) in [6.07, 6.45) is 1.72. The zero-order valence-corrected chi connectivity index (χ0v) is 17.5. The number of nitrogens with zero attached hydrogens (tertiary/aromatic N) is 4. The zero-order chi connectivity index (χ0) is 21.4. The Balaban J connectivity index is 1.42. The summed E-state index contributed by atoms with van der Waals surface area (Å²) in [6, 6.07) is 16.5. The summed E-state index contributed by atoms with van der Waals surface area (Å²) in [5.41, 5.74) is 1.84. The number of hydrogen-bond donors (Lipinski definition) is 1. The van der Waals surface area contributed by atoms with Crippen LogP contribution >= 0.6 is 11.8 Å². The van der Waals surface area contributed by atoms with Crippen LogP contribution in [0.5, 0.6) is 5.75 Å². The molecule has 0 fully saturated rings. The van der Waals surface area contributed by atoms with Gasteiger partial charge in [-0.15, -0.1) is 0 Å². The van der Waals surface area contributed by atoms with Gasteiger partial charge in [-0.2, -0.15) is 5.10 Å². The fourth-order valence-corrected chi connectivity index (χ4v) is 4.80. The van der Waals surface area contributed by atoms with Crippen LogP contribution in [-0.4, -0.2) is 38.1 Å². The molecule has 9 heteroatoms. The van der Waals surface area contributed by atoms with Gasteiger partial charge in [0.1, 0.15) is 11.1 Å². The van der Waals surface area contributed by atoms with Crippen molar-refractivity contribution >= 4 is 34.4 Å². The van der Waals surface area contributed by atoms with Crippen molar-refractivity contribution in [3.8, 4) is 11.4 Å². The van der Waals surface area contributed by atoms with Gasteiger partial charge in [-0.25, -0.2) is 9.67 Å². The van der Waals surface area contributed by atoms with E-state index in [1.165, 1.54) is 11.8 Å². The molecule has 2 aromatic heterocycles. The number of benzene rings is 2. The van der Waals surface area contributed by atoms with Crippen LogP contribution in [0.15, 0.2) is 70.7 Å². The first-order valence-electron chi connectivity index (χ1n) is 9.76.